The summed E-state index contributed by atoms with van der Waals surface area (Å²) < 4.78 is 0. The van der Waals surface area contributed by atoms with Crippen LogP contribution in [0.4, 0.5) is 0 Å². The molecule has 1 rings (SSSR count). The van der Waals surface area contributed by atoms with E-state index >= 15 is 0 Å². The van der Waals surface area contributed by atoms with Gasteiger partial charge in [0.1, 0.15) is 0 Å². The number of hydrogen-bond acceptors (Lipinski definition) is 4. The Hall–Kier alpha value is -1.53. The molecular formula is C15H23N3O2S. The van der Waals surface area contributed by atoms with Crippen LogP contribution in [0.1, 0.15) is 31.1 Å². The summed E-state index contributed by atoms with van der Waals surface area (Å²) in [5.74, 6) is 0.0791. The maximum absolute atomic E-state index is 12.2. The quantitative estimate of drug-likeness (QED) is 0.664. The Balaban J connectivity index is 2.71. The molecule has 1 aromatic rings. The van der Waals surface area contributed by atoms with Crippen LogP contribution in [-0.4, -0.2) is 36.2 Å². The molecule has 116 valence electrons. The maximum atomic E-state index is 12.2. The first-order valence-electron chi connectivity index (χ1n) is 6.96. The molecule has 0 aliphatic carbocycles. The minimum absolute atomic E-state index is 0.0412. The van der Waals surface area contributed by atoms with Crippen LogP contribution in [0.15, 0.2) is 29.2 Å². The predicted octanol–water partition coefficient (Wildman–Crippen LogP) is 1.38. The Bertz CT molecular complexity index is 492. The van der Waals surface area contributed by atoms with Gasteiger partial charge in [0.2, 0.25) is 5.91 Å². The molecule has 0 heterocycles. The summed E-state index contributed by atoms with van der Waals surface area (Å²) in [5, 5.41) is 5.65. The van der Waals surface area contributed by atoms with E-state index in [9.17, 15) is 9.59 Å². The van der Waals surface area contributed by atoms with Gasteiger partial charge in [0.25, 0.3) is 5.91 Å². The first-order valence-corrected chi connectivity index (χ1v) is 7.94. The molecule has 5 nitrogen and oxygen atoms in total. The Morgan fingerprint density at radius 1 is 1.19 bits per heavy atom. The molecular weight excluding hydrogens is 286 g/mol. The van der Waals surface area contributed by atoms with Gasteiger partial charge in [-0.05, 0) is 32.9 Å². The number of nitrogens with one attached hydrogen (secondary N) is 2. The Labute approximate surface area is 130 Å². The SMILES string of the molecule is CC(C)NC(=O)CSc1ccccc1C(=O)N[C@@H](C)CN. The zero-order valence-corrected chi connectivity index (χ0v) is 13.5. The van der Waals surface area contributed by atoms with Crippen LogP contribution in [-0.2, 0) is 4.79 Å². The smallest absolute Gasteiger partial charge is 0.252 e. The molecule has 6 heteroatoms. The van der Waals surface area contributed by atoms with Gasteiger partial charge >= 0.3 is 0 Å². The van der Waals surface area contributed by atoms with E-state index in [1.54, 1.807) is 12.1 Å². The van der Waals surface area contributed by atoms with Crippen molar-refractivity contribution in [3.05, 3.63) is 29.8 Å². The second-order valence-electron chi connectivity index (χ2n) is 5.12. The molecule has 0 saturated carbocycles. The van der Waals surface area contributed by atoms with Gasteiger partial charge < -0.3 is 16.4 Å². The molecule has 0 aliphatic heterocycles. The first kappa shape index (κ1) is 17.5. The van der Waals surface area contributed by atoms with Gasteiger partial charge in [0, 0.05) is 23.5 Å². The summed E-state index contributed by atoms with van der Waals surface area (Å²) >= 11 is 1.36. The number of nitrogens with two attached hydrogens (primary N) is 1. The van der Waals surface area contributed by atoms with Crippen molar-refractivity contribution in [2.45, 2.75) is 37.8 Å². The highest BCUT2D eigenvalue weighted by Gasteiger charge is 2.14. The molecule has 0 bridgehead atoms. The number of amides is 2. The molecule has 0 aliphatic rings. The molecule has 0 fully saturated rings. The van der Waals surface area contributed by atoms with Gasteiger partial charge in [-0.3, -0.25) is 9.59 Å². The summed E-state index contributed by atoms with van der Waals surface area (Å²) in [6.45, 7) is 6.07. The fourth-order valence-electron chi connectivity index (χ4n) is 1.65. The highest BCUT2D eigenvalue weighted by molar-refractivity contribution is 8.00. The van der Waals surface area contributed by atoms with Crippen molar-refractivity contribution in [2.75, 3.05) is 12.3 Å². The monoisotopic (exact) mass is 309 g/mol. The summed E-state index contributed by atoms with van der Waals surface area (Å²) in [6, 6.07) is 7.28. The van der Waals surface area contributed by atoms with Crippen molar-refractivity contribution < 1.29 is 9.59 Å². The summed E-state index contributed by atoms with van der Waals surface area (Å²) in [7, 11) is 0. The number of benzene rings is 1. The number of thioether (sulfide) groups is 1. The maximum Gasteiger partial charge on any atom is 0.252 e. The minimum atomic E-state index is -0.166. The van der Waals surface area contributed by atoms with Gasteiger partial charge in [0.05, 0.1) is 11.3 Å². The van der Waals surface area contributed by atoms with Gasteiger partial charge in [0.15, 0.2) is 0 Å². The molecule has 0 radical (unpaired) electrons. The average molecular weight is 309 g/mol. The molecule has 4 N–H and O–H groups in total. The van der Waals surface area contributed by atoms with Crippen LogP contribution < -0.4 is 16.4 Å². The van der Waals surface area contributed by atoms with E-state index in [4.69, 9.17) is 5.73 Å². The summed E-state index contributed by atoms with van der Waals surface area (Å²) in [5.41, 5.74) is 6.08. The predicted molar refractivity (Wildman–Crippen MR) is 86.4 cm³/mol. The third-order valence-corrected chi connectivity index (χ3v) is 3.74. The zero-order chi connectivity index (χ0) is 15.8. The lowest BCUT2D eigenvalue weighted by Gasteiger charge is -2.14. The van der Waals surface area contributed by atoms with Crippen molar-refractivity contribution in [3.8, 4) is 0 Å². The van der Waals surface area contributed by atoms with Crippen LogP contribution in [0.2, 0.25) is 0 Å². The van der Waals surface area contributed by atoms with E-state index < -0.39 is 0 Å². The van der Waals surface area contributed by atoms with Crippen LogP contribution in [0, 0.1) is 0 Å². The second-order valence-corrected chi connectivity index (χ2v) is 6.13. The molecule has 0 unspecified atom stereocenters. The Morgan fingerprint density at radius 3 is 2.48 bits per heavy atom. The third-order valence-electron chi connectivity index (χ3n) is 2.67. The molecule has 21 heavy (non-hydrogen) atoms. The van der Waals surface area contributed by atoms with Crippen LogP contribution >= 0.6 is 11.8 Å². The second kappa shape index (κ2) is 8.69. The largest absolute Gasteiger partial charge is 0.353 e. The highest BCUT2D eigenvalue weighted by Crippen LogP contribution is 2.22. The number of hydrogen-bond donors (Lipinski definition) is 3. The minimum Gasteiger partial charge on any atom is -0.353 e. The third kappa shape index (κ3) is 6.18. The lowest BCUT2D eigenvalue weighted by Crippen LogP contribution is -2.38. The van der Waals surface area contributed by atoms with Crippen molar-refractivity contribution in [3.63, 3.8) is 0 Å². The van der Waals surface area contributed by atoms with E-state index in [1.807, 2.05) is 32.9 Å². The zero-order valence-electron chi connectivity index (χ0n) is 12.7. The normalized spacial score (nSPS) is 12.0. The lowest BCUT2D eigenvalue weighted by atomic mass is 10.2. The Kier molecular flexibility index (Phi) is 7.25. The van der Waals surface area contributed by atoms with Crippen molar-refractivity contribution in [2.24, 2.45) is 5.73 Å². The number of carbonyl (C=O) groups excluding carboxylic acids is 2. The van der Waals surface area contributed by atoms with Crippen LogP contribution in [0.5, 0.6) is 0 Å². The average Bonchev–Trinajstić information content (AvgIpc) is 2.44. The molecule has 0 saturated heterocycles. The highest BCUT2D eigenvalue weighted by atomic mass is 32.2. The van der Waals surface area contributed by atoms with Crippen molar-refractivity contribution in [1.82, 2.24) is 10.6 Å². The summed E-state index contributed by atoms with van der Waals surface area (Å²) in [6.07, 6.45) is 0. The molecule has 0 aromatic heterocycles. The van der Waals surface area contributed by atoms with Gasteiger partial charge in [-0.2, -0.15) is 0 Å². The summed E-state index contributed by atoms with van der Waals surface area (Å²) in [4.78, 5) is 24.6. The molecule has 1 atom stereocenters. The van der Waals surface area contributed by atoms with E-state index in [-0.39, 0.29) is 29.7 Å². The molecule has 0 spiro atoms. The van der Waals surface area contributed by atoms with E-state index in [2.05, 4.69) is 10.6 Å². The van der Waals surface area contributed by atoms with Crippen LogP contribution in [0.3, 0.4) is 0 Å². The fourth-order valence-corrected chi connectivity index (χ4v) is 2.51. The Morgan fingerprint density at radius 2 is 1.86 bits per heavy atom. The van der Waals surface area contributed by atoms with Crippen molar-refractivity contribution in [1.29, 1.82) is 0 Å². The van der Waals surface area contributed by atoms with E-state index in [0.29, 0.717) is 12.1 Å². The fraction of sp³-hybridized carbons (Fsp3) is 0.467. The standard InChI is InChI=1S/C15H23N3O2S/c1-10(2)17-14(19)9-21-13-7-5-4-6-12(13)15(20)18-11(3)8-16/h4-7,10-11H,8-9,16H2,1-3H3,(H,17,19)(H,18,20)/t11-/m0/s1. The van der Waals surface area contributed by atoms with Crippen LogP contribution in [0.25, 0.3) is 0 Å². The first-order chi connectivity index (χ1) is 9.93. The van der Waals surface area contributed by atoms with Gasteiger partial charge in [-0.15, -0.1) is 11.8 Å². The van der Waals surface area contributed by atoms with Gasteiger partial charge in [-0.1, -0.05) is 12.1 Å². The molecule has 2 amide bonds. The topological polar surface area (TPSA) is 84.2 Å². The van der Waals surface area contributed by atoms with Gasteiger partial charge in [-0.25, -0.2) is 0 Å². The van der Waals surface area contributed by atoms with E-state index in [0.717, 1.165) is 4.90 Å². The van der Waals surface area contributed by atoms with Crippen molar-refractivity contribution >= 4 is 23.6 Å². The van der Waals surface area contributed by atoms with E-state index in [1.165, 1.54) is 11.8 Å². The lowest BCUT2D eigenvalue weighted by molar-refractivity contribution is -0.119. The number of rotatable bonds is 7. The number of carbonyl (C=O) groups is 2. The molecule has 1 aromatic carbocycles.